The van der Waals surface area contributed by atoms with E-state index in [1.165, 1.54) is 18.2 Å². The normalized spacial score (nSPS) is 10.8. The first-order chi connectivity index (χ1) is 9.56. The van der Waals surface area contributed by atoms with Crippen molar-refractivity contribution < 1.29 is 14.6 Å². The van der Waals surface area contributed by atoms with Gasteiger partial charge in [0.2, 0.25) is 5.75 Å². The second-order valence-corrected chi connectivity index (χ2v) is 4.73. The topological polar surface area (TPSA) is 70.7 Å². The minimum Gasteiger partial charge on any atom is -0.504 e. The molecule has 0 bridgehead atoms. The molecule has 0 atom stereocenters. The lowest BCUT2D eigenvalue weighted by Crippen LogP contribution is -2.00. The van der Waals surface area contributed by atoms with Gasteiger partial charge in [-0.3, -0.25) is 4.79 Å². The van der Waals surface area contributed by atoms with Gasteiger partial charge in [-0.15, -0.1) is 0 Å². The summed E-state index contributed by atoms with van der Waals surface area (Å²) < 4.78 is 5.53. The summed E-state index contributed by atoms with van der Waals surface area (Å²) in [6.45, 7) is 0. The van der Waals surface area contributed by atoms with Gasteiger partial charge in [-0.05, 0) is 24.3 Å². The van der Waals surface area contributed by atoms with Crippen LogP contribution in [0.15, 0.2) is 51.7 Å². The van der Waals surface area contributed by atoms with Crippen LogP contribution in [0.4, 0.5) is 0 Å². The van der Waals surface area contributed by atoms with E-state index >= 15 is 0 Å². The molecular formula is C15H9ClO4. The Labute approximate surface area is 118 Å². The Morgan fingerprint density at radius 1 is 1.05 bits per heavy atom. The second-order valence-electron chi connectivity index (χ2n) is 4.30. The van der Waals surface area contributed by atoms with Gasteiger partial charge in [0, 0.05) is 16.7 Å². The Balaban J connectivity index is 2.34. The third kappa shape index (κ3) is 2.00. The first-order valence-electron chi connectivity index (χ1n) is 5.81. The highest BCUT2D eigenvalue weighted by atomic mass is 35.5. The molecule has 2 N–H and O–H groups in total. The molecule has 1 heterocycles. The smallest absolute Gasteiger partial charge is 0.201 e. The number of phenols is 2. The fourth-order valence-electron chi connectivity index (χ4n) is 1.98. The molecule has 0 saturated heterocycles. The lowest BCUT2D eigenvalue weighted by molar-refractivity contribution is 0.400. The van der Waals surface area contributed by atoms with Gasteiger partial charge in [-0.25, -0.2) is 0 Å². The van der Waals surface area contributed by atoms with Crippen molar-refractivity contribution in [1.82, 2.24) is 0 Å². The van der Waals surface area contributed by atoms with Crippen molar-refractivity contribution >= 4 is 22.6 Å². The number of halogens is 1. The lowest BCUT2D eigenvalue weighted by Gasteiger charge is -2.05. The summed E-state index contributed by atoms with van der Waals surface area (Å²) >= 11 is 5.90. The maximum Gasteiger partial charge on any atom is 0.201 e. The number of hydrogen-bond acceptors (Lipinski definition) is 4. The molecule has 2 aromatic carbocycles. The summed E-state index contributed by atoms with van der Waals surface area (Å²) in [6, 6.07) is 10.8. The van der Waals surface area contributed by atoms with Crippen molar-refractivity contribution in [2.75, 3.05) is 0 Å². The van der Waals surface area contributed by atoms with Crippen molar-refractivity contribution in [3.63, 3.8) is 0 Å². The minimum absolute atomic E-state index is 0.0486. The van der Waals surface area contributed by atoms with Gasteiger partial charge in [-0.2, -0.15) is 0 Å². The van der Waals surface area contributed by atoms with E-state index in [0.29, 0.717) is 10.6 Å². The van der Waals surface area contributed by atoms with Crippen molar-refractivity contribution in [1.29, 1.82) is 0 Å². The number of hydrogen-bond donors (Lipinski definition) is 2. The lowest BCUT2D eigenvalue weighted by atomic mass is 10.1. The van der Waals surface area contributed by atoms with E-state index in [-0.39, 0.29) is 27.9 Å². The molecule has 20 heavy (non-hydrogen) atoms. The monoisotopic (exact) mass is 288 g/mol. The third-order valence-electron chi connectivity index (χ3n) is 2.96. The van der Waals surface area contributed by atoms with E-state index in [4.69, 9.17) is 16.0 Å². The van der Waals surface area contributed by atoms with Gasteiger partial charge in [0.25, 0.3) is 0 Å². The molecule has 0 unspecified atom stereocenters. The van der Waals surface area contributed by atoms with Crippen LogP contribution in [0.2, 0.25) is 5.02 Å². The quantitative estimate of drug-likeness (QED) is 0.672. The van der Waals surface area contributed by atoms with Gasteiger partial charge in [0.15, 0.2) is 16.8 Å². The Bertz CT molecular complexity index is 867. The molecule has 100 valence electrons. The first-order valence-corrected chi connectivity index (χ1v) is 6.19. The summed E-state index contributed by atoms with van der Waals surface area (Å²) in [4.78, 5) is 12.0. The molecule has 5 heteroatoms. The van der Waals surface area contributed by atoms with Crippen molar-refractivity contribution in [3.8, 4) is 22.8 Å². The van der Waals surface area contributed by atoms with Crippen LogP contribution in [0.25, 0.3) is 22.3 Å². The van der Waals surface area contributed by atoms with Crippen LogP contribution in [0.1, 0.15) is 0 Å². The zero-order valence-corrected chi connectivity index (χ0v) is 10.9. The Kier molecular flexibility index (Phi) is 2.88. The predicted molar refractivity (Wildman–Crippen MR) is 76.3 cm³/mol. The molecule has 4 nitrogen and oxygen atoms in total. The molecule has 0 aliphatic carbocycles. The largest absolute Gasteiger partial charge is 0.504 e. The molecule has 0 fully saturated rings. The highest BCUT2D eigenvalue weighted by Gasteiger charge is 2.13. The van der Waals surface area contributed by atoms with E-state index in [2.05, 4.69) is 0 Å². The summed E-state index contributed by atoms with van der Waals surface area (Å²) in [7, 11) is 0. The van der Waals surface area contributed by atoms with Crippen LogP contribution >= 0.6 is 11.6 Å². The van der Waals surface area contributed by atoms with Crippen LogP contribution in [0, 0.1) is 0 Å². The molecule has 0 radical (unpaired) electrons. The van der Waals surface area contributed by atoms with E-state index in [0.717, 1.165) is 0 Å². The molecular weight excluding hydrogens is 280 g/mol. The standard InChI is InChI=1S/C15H9ClO4/c16-9-3-1-2-8(6-9)13-7-12(18)10-4-5-11(17)14(19)15(10)20-13/h1-7,17,19H. The molecule has 3 rings (SSSR count). The first kappa shape index (κ1) is 12.6. The van der Waals surface area contributed by atoms with E-state index in [1.54, 1.807) is 24.3 Å². The number of phenolic OH excluding ortho intramolecular Hbond substituents is 2. The van der Waals surface area contributed by atoms with Gasteiger partial charge >= 0.3 is 0 Å². The van der Waals surface area contributed by atoms with Gasteiger partial charge < -0.3 is 14.6 Å². The average Bonchev–Trinajstić information content (AvgIpc) is 2.43. The average molecular weight is 289 g/mol. The van der Waals surface area contributed by atoms with Crippen LogP contribution in [0.5, 0.6) is 11.5 Å². The third-order valence-corrected chi connectivity index (χ3v) is 3.19. The fourth-order valence-corrected chi connectivity index (χ4v) is 2.17. The molecule has 0 amide bonds. The Morgan fingerprint density at radius 2 is 1.85 bits per heavy atom. The van der Waals surface area contributed by atoms with Gasteiger partial charge in [0.1, 0.15) is 5.76 Å². The van der Waals surface area contributed by atoms with Crippen molar-refractivity contribution in [2.24, 2.45) is 0 Å². The van der Waals surface area contributed by atoms with E-state index in [9.17, 15) is 15.0 Å². The number of rotatable bonds is 1. The number of fused-ring (bicyclic) bond motifs is 1. The zero-order valence-electron chi connectivity index (χ0n) is 10.1. The number of aromatic hydroxyl groups is 2. The fraction of sp³-hybridized carbons (Fsp3) is 0. The summed E-state index contributed by atoms with van der Waals surface area (Å²) in [5, 5.41) is 20.0. The maximum absolute atomic E-state index is 12.0. The predicted octanol–water partition coefficient (Wildman–Crippen LogP) is 3.52. The van der Waals surface area contributed by atoms with Crippen LogP contribution in [-0.4, -0.2) is 10.2 Å². The minimum atomic E-state index is -0.455. The van der Waals surface area contributed by atoms with Crippen LogP contribution < -0.4 is 5.43 Å². The Morgan fingerprint density at radius 3 is 2.60 bits per heavy atom. The molecule has 0 saturated carbocycles. The molecule has 0 aliphatic rings. The Hall–Kier alpha value is -2.46. The molecule has 0 aliphatic heterocycles. The van der Waals surface area contributed by atoms with Gasteiger partial charge in [0.05, 0.1) is 5.39 Å². The maximum atomic E-state index is 12.0. The highest BCUT2D eigenvalue weighted by Crippen LogP contribution is 2.34. The van der Waals surface area contributed by atoms with E-state index in [1.807, 2.05) is 0 Å². The van der Waals surface area contributed by atoms with Crippen molar-refractivity contribution in [3.05, 3.63) is 57.7 Å². The van der Waals surface area contributed by atoms with Gasteiger partial charge in [-0.1, -0.05) is 23.7 Å². The summed E-state index contributed by atoms with van der Waals surface area (Å²) in [6.07, 6.45) is 0. The zero-order chi connectivity index (χ0) is 14.3. The number of benzene rings is 2. The van der Waals surface area contributed by atoms with Crippen LogP contribution in [-0.2, 0) is 0 Å². The SMILES string of the molecule is O=c1cc(-c2cccc(Cl)c2)oc2c(O)c(O)ccc12. The highest BCUT2D eigenvalue weighted by molar-refractivity contribution is 6.30. The van der Waals surface area contributed by atoms with E-state index < -0.39 is 5.75 Å². The second kappa shape index (κ2) is 4.58. The van der Waals surface area contributed by atoms with Crippen LogP contribution in [0.3, 0.4) is 0 Å². The molecule has 1 aromatic heterocycles. The molecule has 3 aromatic rings. The summed E-state index contributed by atoms with van der Waals surface area (Å²) in [5.74, 6) is -0.529. The summed E-state index contributed by atoms with van der Waals surface area (Å²) in [5.41, 5.74) is 0.253. The van der Waals surface area contributed by atoms with Crippen molar-refractivity contribution in [2.45, 2.75) is 0 Å². The molecule has 0 spiro atoms.